The number of carbonyl (C=O) groups is 1. The van der Waals surface area contributed by atoms with Crippen LogP contribution in [0, 0.1) is 13.8 Å². The predicted molar refractivity (Wildman–Crippen MR) is 92.2 cm³/mol. The summed E-state index contributed by atoms with van der Waals surface area (Å²) in [7, 11) is 1.89. The van der Waals surface area contributed by atoms with Crippen LogP contribution < -0.4 is 5.73 Å². The van der Waals surface area contributed by atoms with Gasteiger partial charge >= 0.3 is 0 Å². The van der Waals surface area contributed by atoms with Crippen molar-refractivity contribution < 1.29 is 4.79 Å². The van der Waals surface area contributed by atoms with Crippen molar-refractivity contribution in [3.8, 4) is 0 Å². The molecule has 0 atom stereocenters. The van der Waals surface area contributed by atoms with Gasteiger partial charge in [0.2, 0.25) is 11.9 Å². The molecule has 128 valence electrons. The lowest BCUT2D eigenvalue weighted by Crippen LogP contribution is -2.38. The summed E-state index contributed by atoms with van der Waals surface area (Å²) in [6.45, 7) is 7.96. The molecule has 2 heterocycles. The number of anilines is 1. The van der Waals surface area contributed by atoms with E-state index in [0.717, 1.165) is 30.0 Å². The number of hydrogen-bond donors (Lipinski definition) is 1. The van der Waals surface area contributed by atoms with Crippen molar-refractivity contribution in [2.24, 2.45) is 0 Å². The third-order valence-electron chi connectivity index (χ3n) is 4.65. The highest BCUT2D eigenvalue weighted by atomic mass is 16.2. The van der Waals surface area contributed by atoms with E-state index in [4.69, 9.17) is 5.73 Å². The summed E-state index contributed by atoms with van der Waals surface area (Å²) in [6.07, 6.45) is 5.07. The molecule has 1 amide bonds. The zero-order chi connectivity index (χ0) is 16.8. The van der Waals surface area contributed by atoms with E-state index in [9.17, 15) is 4.79 Å². The van der Waals surface area contributed by atoms with Crippen molar-refractivity contribution >= 4 is 11.9 Å². The number of rotatable bonds is 6. The Morgan fingerprint density at radius 3 is 2.39 bits per heavy atom. The minimum atomic E-state index is 0.178. The Balaban J connectivity index is 1.79. The summed E-state index contributed by atoms with van der Waals surface area (Å²) in [5, 5.41) is 0. The van der Waals surface area contributed by atoms with Crippen LogP contribution in [0.25, 0.3) is 0 Å². The first-order valence-corrected chi connectivity index (χ1v) is 8.53. The van der Waals surface area contributed by atoms with E-state index in [0.29, 0.717) is 18.8 Å². The molecule has 0 unspecified atom stereocenters. The summed E-state index contributed by atoms with van der Waals surface area (Å²) in [4.78, 5) is 25.0. The van der Waals surface area contributed by atoms with Crippen molar-refractivity contribution in [3.05, 3.63) is 17.0 Å². The summed E-state index contributed by atoms with van der Waals surface area (Å²) in [5.41, 5.74) is 8.43. The highest BCUT2D eigenvalue weighted by Crippen LogP contribution is 2.14. The van der Waals surface area contributed by atoms with Gasteiger partial charge in [0.25, 0.3) is 0 Å². The minimum Gasteiger partial charge on any atom is -0.368 e. The number of likely N-dealkylation sites (tertiary alicyclic amines) is 1. The van der Waals surface area contributed by atoms with Crippen molar-refractivity contribution in [1.29, 1.82) is 0 Å². The Bertz CT molecular complexity index is 517. The topological polar surface area (TPSA) is 75.3 Å². The van der Waals surface area contributed by atoms with Gasteiger partial charge in [0.15, 0.2) is 0 Å². The molecule has 1 aliphatic heterocycles. The average Bonchev–Trinajstić information content (AvgIpc) is 2.52. The molecule has 2 rings (SSSR count). The highest BCUT2D eigenvalue weighted by Gasteiger charge is 2.15. The number of nitrogen functional groups attached to an aromatic ring is 1. The molecule has 0 bridgehead atoms. The molecule has 1 aliphatic rings. The second-order valence-electron chi connectivity index (χ2n) is 6.45. The van der Waals surface area contributed by atoms with E-state index in [1.807, 2.05) is 25.8 Å². The van der Waals surface area contributed by atoms with E-state index in [1.54, 1.807) is 0 Å². The first-order valence-electron chi connectivity index (χ1n) is 8.53. The molecule has 6 nitrogen and oxygen atoms in total. The summed E-state index contributed by atoms with van der Waals surface area (Å²) in [6, 6.07) is 0. The van der Waals surface area contributed by atoms with Crippen LogP contribution in [0.3, 0.4) is 0 Å². The van der Waals surface area contributed by atoms with Crippen molar-refractivity contribution in [3.63, 3.8) is 0 Å². The van der Waals surface area contributed by atoms with Gasteiger partial charge in [-0.2, -0.15) is 0 Å². The van der Waals surface area contributed by atoms with Gasteiger partial charge in [0.05, 0.1) is 0 Å². The van der Waals surface area contributed by atoms with Crippen LogP contribution >= 0.6 is 0 Å². The number of carbonyl (C=O) groups excluding carboxylic acids is 1. The van der Waals surface area contributed by atoms with Gasteiger partial charge in [0, 0.05) is 37.9 Å². The zero-order valence-electron chi connectivity index (χ0n) is 14.6. The number of nitrogens with zero attached hydrogens (tertiary/aromatic N) is 4. The van der Waals surface area contributed by atoms with Crippen LogP contribution in [-0.4, -0.2) is 58.9 Å². The fourth-order valence-corrected chi connectivity index (χ4v) is 3.15. The normalized spacial score (nSPS) is 15.6. The molecule has 0 aliphatic carbocycles. The summed E-state index contributed by atoms with van der Waals surface area (Å²) < 4.78 is 0. The predicted octanol–water partition coefficient (Wildman–Crippen LogP) is 1.55. The molecule has 1 fully saturated rings. The first kappa shape index (κ1) is 17.7. The Kier molecular flexibility index (Phi) is 6.33. The van der Waals surface area contributed by atoms with E-state index >= 15 is 0 Å². The van der Waals surface area contributed by atoms with E-state index in [2.05, 4.69) is 14.9 Å². The molecule has 1 aromatic rings. The maximum atomic E-state index is 12.3. The fourth-order valence-electron chi connectivity index (χ4n) is 3.15. The lowest BCUT2D eigenvalue weighted by Gasteiger charge is -2.28. The molecule has 1 saturated heterocycles. The lowest BCUT2D eigenvalue weighted by atomic mass is 10.1. The van der Waals surface area contributed by atoms with Gasteiger partial charge in [-0.05, 0) is 51.8 Å². The Morgan fingerprint density at radius 1 is 1.17 bits per heavy atom. The Labute approximate surface area is 139 Å². The number of aryl methyl sites for hydroxylation is 2. The summed E-state index contributed by atoms with van der Waals surface area (Å²) >= 11 is 0. The quantitative estimate of drug-likeness (QED) is 0.861. The van der Waals surface area contributed by atoms with Crippen molar-refractivity contribution in [1.82, 2.24) is 19.8 Å². The number of nitrogens with two attached hydrogens (primary N) is 1. The molecule has 0 radical (unpaired) electrons. The first-order chi connectivity index (χ1) is 11.0. The zero-order valence-corrected chi connectivity index (χ0v) is 14.6. The van der Waals surface area contributed by atoms with E-state index in [-0.39, 0.29) is 5.91 Å². The molecule has 6 heteroatoms. The molecule has 2 N–H and O–H groups in total. The molecule has 0 aromatic carbocycles. The van der Waals surface area contributed by atoms with Crippen LogP contribution in [0.15, 0.2) is 0 Å². The molecular formula is C17H29N5O. The molecule has 23 heavy (non-hydrogen) atoms. The van der Waals surface area contributed by atoms with Gasteiger partial charge in [0.1, 0.15) is 0 Å². The number of piperidine rings is 1. The van der Waals surface area contributed by atoms with Gasteiger partial charge in [-0.3, -0.25) is 4.79 Å². The van der Waals surface area contributed by atoms with Gasteiger partial charge in [-0.25, -0.2) is 9.97 Å². The van der Waals surface area contributed by atoms with Crippen molar-refractivity contribution in [2.75, 3.05) is 39.0 Å². The average molecular weight is 319 g/mol. The van der Waals surface area contributed by atoms with Crippen molar-refractivity contribution in [2.45, 2.75) is 46.0 Å². The monoisotopic (exact) mass is 319 g/mol. The van der Waals surface area contributed by atoms with Crippen LogP contribution in [0.4, 0.5) is 5.95 Å². The smallest absolute Gasteiger partial charge is 0.222 e. The lowest BCUT2D eigenvalue weighted by molar-refractivity contribution is -0.130. The third kappa shape index (κ3) is 5.16. The van der Waals surface area contributed by atoms with E-state index < -0.39 is 0 Å². The number of amides is 1. The Hall–Kier alpha value is -1.69. The Morgan fingerprint density at radius 2 is 1.78 bits per heavy atom. The SMILES string of the molecule is Cc1nc(N)nc(C)c1CCC(=O)N(C)CCN1CCCCC1. The molecule has 1 aromatic heterocycles. The third-order valence-corrected chi connectivity index (χ3v) is 4.65. The van der Waals surface area contributed by atoms with Crippen LogP contribution in [0.5, 0.6) is 0 Å². The van der Waals surface area contributed by atoms with Crippen LogP contribution in [0.1, 0.15) is 42.6 Å². The largest absolute Gasteiger partial charge is 0.368 e. The van der Waals surface area contributed by atoms with Gasteiger partial charge in [-0.1, -0.05) is 6.42 Å². The second-order valence-corrected chi connectivity index (χ2v) is 6.45. The van der Waals surface area contributed by atoms with Gasteiger partial charge in [-0.15, -0.1) is 0 Å². The maximum Gasteiger partial charge on any atom is 0.222 e. The summed E-state index contributed by atoms with van der Waals surface area (Å²) in [5.74, 6) is 0.478. The van der Waals surface area contributed by atoms with Crippen LogP contribution in [0.2, 0.25) is 0 Å². The molecule has 0 spiro atoms. The fraction of sp³-hybridized carbons (Fsp3) is 0.706. The second kappa shape index (κ2) is 8.24. The molecular weight excluding hydrogens is 290 g/mol. The maximum absolute atomic E-state index is 12.3. The molecule has 0 saturated carbocycles. The number of aromatic nitrogens is 2. The minimum absolute atomic E-state index is 0.178. The number of hydrogen-bond acceptors (Lipinski definition) is 5. The number of likely N-dealkylation sites (N-methyl/N-ethyl adjacent to an activating group) is 1. The van der Waals surface area contributed by atoms with E-state index in [1.165, 1.54) is 32.4 Å². The highest BCUT2D eigenvalue weighted by molar-refractivity contribution is 5.76. The standard InChI is InChI=1S/C17H29N5O/c1-13-15(14(2)20-17(18)19-13)7-8-16(23)21(3)11-12-22-9-5-4-6-10-22/h4-12H2,1-3H3,(H2,18,19,20). The van der Waals surface area contributed by atoms with Crippen LogP contribution in [-0.2, 0) is 11.2 Å². The van der Waals surface area contributed by atoms with Gasteiger partial charge < -0.3 is 15.5 Å².